The predicted molar refractivity (Wildman–Crippen MR) is 75.0 cm³/mol. The van der Waals surface area contributed by atoms with Gasteiger partial charge in [-0.05, 0) is 33.2 Å². The Labute approximate surface area is 119 Å². The number of hydrogen-bond donors (Lipinski definition) is 0. The molecule has 1 atom stereocenters. The van der Waals surface area contributed by atoms with Gasteiger partial charge in [-0.1, -0.05) is 6.07 Å². The van der Waals surface area contributed by atoms with Crippen molar-refractivity contribution in [2.45, 2.75) is 13.2 Å². The molecule has 0 aliphatic rings. The van der Waals surface area contributed by atoms with E-state index in [1.807, 2.05) is 14.1 Å². The average Bonchev–Trinajstić information content (AvgIpc) is 2.36. The van der Waals surface area contributed by atoms with Crippen molar-refractivity contribution >= 4 is 18.4 Å². The zero-order chi connectivity index (χ0) is 13.5. The van der Waals surface area contributed by atoms with Crippen molar-refractivity contribution in [3.63, 3.8) is 0 Å². The number of methoxy groups -OCH3 is 1. The van der Waals surface area contributed by atoms with Gasteiger partial charge in [0.2, 0.25) is 0 Å². The lowest BCUT2D eigenvalue weighted by atomic mass is 10.3. The minimum atomic E-state index is -0.404. The fraction of sp³-hybridized carbons (Fsp3) is 0.462. The first-order chi connectivity index (χ1) is 8.52. The summed E-state index contributed by atoms with van der Waals surface area (Å²) in [4.78, 5) is 13.3. The van der Waals surface area contributed by atoms with Gasteiger partial charge in [0.15, 0.2) is 12.8 Å². The van der Waals surface area contributed by atoms with Gasteiger partial charge in [-0.25, -0.2) is 4.79 Å². The first kappa shape index (κ1) is 17.5. The zero-order valence-electron chi connectivity index (χ0n) is 11.6. The summed E-state index contributed by atoms with van der Waals surface area (Å²) in [7, 11) is 5.24. The molecule has 1 aromatic rings. The molecule has 0 radical (unpaired) electrons. The largest absolute Gasteiger partial charge is 0.497 e. The molecule has 5 nitrogen and oxygen atoms in total. The van der Waals surface area contributed by atoms with Crippen LogP contribution in [0.4, 0.5) is 0 Å². The highest BCUT2D eigenvalue weighted by atomic mass is 35.5. The van der Waals surface area contributed by atoms with Gasteiger partial charge in [-0.2, -0.15) is 0 Å². The smallest absolute Gasteiger partial charge is 0.345 e. The van der Waals surface area contributed by atoms with Gasteiger partial charge in [0.1, 0.15) is 11.5 Å². The van der Waals surface area contributed by atoms with Crippen LogP contribution < -0.4 is 9.47 Å². The molecule has 0 fully saturated rings. The molecule has 19 heavy (non-hydrogen) atoms. The van der Waals surface area contributed by atoms with E-state index in [4.69, 9.17) is 14.2 Å². The third-order valence-corrected chi connectivity index (χ3v) is 2.43. The number of benzene rings is 1. The van der Waals surface area contributed by atoms with Crippen LogP contribution in [0.25, 0.3) is 0 Å². The molecule has 0 amide bonds. The van der Waals surface area contributed by atoms with E-state index in [1.165, 1.54) is 0 Å². The van der Waals surface area contributed by atoms with Crippen LogP contribution in [-0.2, 0) is 9.53 Å². The van der Waals surface area contributed by atoms with Crippen molar-refractivity contribution in [2.75, 3.05) is 27.8 Å². The van der Waals surface area contributed by atoms with E-state index in [0.29, 0.717) is 11.5 Å². The predicted octanol–water partition coefficient (Wildman–Crippen LogP) is 1.95. The number of esters is 1. The summed E-state index contributed by atoms with van der Waals surface area (Å²) in [6, 6.07) is 7.06. The maximum atomic E-state index is 11.5. The van der Waals surface area contributed by atoms with Crippen molar-refractivity contribution in [1.29, 1.82) is 0 Å². The molecule has 1 rings (SSSR count). The number of rotatable bonds is 6. The molecule has 0 spiro atoms. The Bertz CT molecular complexity index is 398. The van der Waals surface area contributed by atoms with E-state index in [1.54, 1.807) is 43.2 Å². The van der Waals surface area contributed by atoms with E-state index < -0.39 is 5.97 Å². The fourth-order valence-electron chi connectivity index (χ4n) is 1.16. The Balaban J connectivity index is 0.00000324. The van der Waals surface area contributed by atoms with Crippen LogP contribution in [0.1, 0.15) is 6.92 Å². The molecule has 0 aliphatic carbocycles. The third-order valence-electron chi connectivity index (χ3n) is 2.43. The zero-order valence-corrected chi connectivity index (χ0v) is 12.4. The monoisotopic (exact) mass is 289 g/mol. The molecule has 1 unspecified atom stereocenters. The molecule has 6 heteroatoms. The van der Waals surface area contributed by atoms with E-state index in [-0.39, 0.29) is 25.2 Å². The Hall–Kier alpha value is -1.46. The second-order valence-corrected chi connectivity index (χ2v) is 4.02. The van der Waals surface area contributed by atoms with Crippen LogP contribution in [0.2, 0.25) is 0 Å². The molecule has 0 heterocycles. The Morgan fingerprint density at radius 3 is 2.53 bits per heavy atom. The fourth-order valence-corrected chi connectivity index (χ4v) is 1.16. The van der Waals surface area contributed by atoms with Crippen LogP contribution in [-0.4, -0.2) is 44.9 Å². The van der Waals surface area contributed by atoms with E-state index in [2.05, 4.69) is 0 Å². The quantitative estimate of drug-likeness (QED) is 0.592. The summed E-state index contributed by atoms with van der Waals surface area (Å²) < 4.78 is 15.5. The second kappa shape index (κ2) is 8.61. The molecular weight excluding hydrogens is 270 g/mol. The number of hydrogen-bond acceptors (Lipinski definition) is 5. The van der Waals surface area contributed by atoms with Crippen molar-refractivity contribution < 1.29 is 19.0 Å². The van der Waals surface area contributed by atoms with Crippen LogP contribution >= 0.6 is 12.4 Å². The normalized spacial score (nSPS) is 11.4. The highest BCUT2D eigenvalue weighted by Crippen LogP contribution is 2.18. The van der Waals surface area contributed by atoms with Crippen LogP contribution in [0.15, 0.2) is 24.3 Å². The number of halogens is 1. The first-order valence-corrected chi connectivity index (χ1v) is 5.65. The number of ether oxygens (including phenoxy) is 3. The minimum Gasteiger partial charge on any atom is -0.497 e. The van der Waals surface area contributed by atoms with Gasteiger partial charge in [0.05, 0.1) is 7.11 Å². The lowest BCUT2D eigenvalue weighted by Crippen LogP contribution is -2.31. The Morgan fingerprint density at radius 1 is 1.32 bits per heavy atom. The summed E-state index contributed by atoms with van der Waals surface area (Å²) in [6.07, 6.45) is -0.272. The molecule has 0 saturated carbocycles. The maximum Gasteiger partial charge on any atom is 0.345 e. The van der Waals surface area contributed by atoms with Gasteiger partial charge in [-0.15, -0.1) is 12.4 Å². The standard InChI is InChI=1S/C13H19NO4.ClH/c1-10(14(2)3)18-13(15)9-17-12-7-5-6-11(8-12)16-4;/h5-8,10H,9H2,1-4H3;1H. The number of carbonyl (C=O) groups is 1. The summed E-state index contributed by atoms with van der Waals surface area (Å²) >= 11 is 0. The molecule has 0 aromatic heterocycles. The molecule has 108 valence electrons. The summed E-state index contributed by atoms with van der Waals surface area (Å²) in [5.74, 6) is 0.852. The summed E-state index contributed by atoms with van der Waals surface area (Å²) in [5, 5.41) is 0. The SMILES string of the molecule is COc1cccc(OCC(=O)OC(C)N(C)C)c1.Cl. The average molecular weight is 290 g/mol. The molecular formula is C13H20ClNO4. The van der Waals surface area contributed by atoms with E-state index >= 15 is 0 Å². The molecule has 0 aliphatic heterocycles. The van der Waals surface area contributed by atoms with Crippen LogP contribution in [0.3, 0.4) is 0 Å². The van der Waals surface area contributed by atoms with Gasteiger partial charge in [0.25, 0.3) is 0 Å². The van der Waals surface area contributed by atoms with Gasteiger partial charge in [0, 0.05) is 6.07 Å². The van der Waals surface area contributed by atoms with Crippen molar-refractivity contribution in [1.82, 2.24) is 4.90 Å². The lowest BCUT2D eigenvalue weighted by molar-refractivity contribution is -0.157. The molecule has 0 saturated heterocycles. The maximum absolute atomic E-state index is 11.5. The second-order valence-electron chi connectivity index (χ2n) is 4.02. The summed E-state index contributed by atoms with van der Waals surface area (Å²) in [6.45, 7) is 1.68. The van der Waals surface area contributed by atoms with Crippen molar-refractivity contribution in [3.8, 4) is 11.5 Å². The van der Waals surface area contributed by atoms with Crippen LogP contribution in [0, 0.1) is 0 Å². The van der Waals surface area contributed by atoms with Crippen molar-refractivity contribution in [3.05, 3.63) is 24.3 Å². The lowest BCUT2D eigenvalue weighted by Gasteiger charge is -2.19. The van der Waals surface area contributed by atoms with E-state index in [9.17, 15) is 4.79 Å². The minimum absolute atomic E-state index is 0. The van der Waals surface area contributed by atoms with Gasteiger partial charge < -0.3 is 14.2 Å². The Kier molecular flexibility index (Phi) is 7.95. The number of nitrogens with zero attached hydrogens (tertiary/aromatic N) is 1. The highest BCUT2D eigenvalue weighted by molar-refractivity contribution is 5.85. The van der Waals surface area contributed by atoms with Gasteiger partial charge in [-0.3, -0.25) is 4.90 Å². The molecule has 0 bridgehead atoms. The molecule has 0 N–H and O–H groups in total. The first-order valence-electron chi connectivity index (χ1n) is 5.65. The Morgan fingerprint density at radius 2 is 1.95 bits per heavy atom. The summed E-state index contributed by atoms with van der Waals surface area (Å²) in [5.41, 5.74) is 0. The topological polar surface area (TPSA) is 48.0 Å². The third kappa shape index (κ3) is 6.31. The number of carbonyl (C=O) groups excluding carboxylic acids is 1. The highest BCUT2D eigenvalue weighted by Gasteiger charge is 2.11. The molecule has 1 aromatic carbocycles. The van der Waals surface area contributed by atoms with Crippen molar-refractivity contribution in [2.24, 2.45) is 0 Å². The van der Waals surface area contributed by atoms with Gasteiger partial charge >= 0.3 is 5.97 Å². The van der Waals surface area contributed by atoms with Crippen LogP contribution in [0.5, 0.6) is 11.5 Å². The van der Waals surface area contributed by atoms with E-state index in [0.717, 1.165) is 0 Å².